The zero-order valence-corrected chi connectivity index (χ0v) is 12.6. The molecular weight excluding hydrogens is 325 g/mol. The third-order valence-electron chi connectivity index (χ3n) is 3.58. The molecule has 1 fully saturated rings. The molecule has 2 amide bonds. The number of imidazole rings is 1. The van der Waals surface area contributed by atoms with Crippen LogP contribution in [0.15, 0.2) is 41.7 Å². The van der Waals surface area contributed by atoms with E-state index >= 15 is 0 Å². The van der Waals surface area contributed by atoms with Crippen LogP contribution in [0.5, 0.6) is 0 Å². The molecule has 7 nitrogen and oxygen atoms in total. The number of amides is 2. The van der Waals surface area contributed by atoms with Crippen molar-refractivity contribution in [1.29, 1.82) is 0 Å². The Bertz CT molecular complexity index is 891. The van der Waals surface area contributed by atoms with Crippen molar-refractivity contribution in [2.75, 3.05) is 0 Å². The van der Waals surface area contributed by atoms with Crippen LogP contribution in [0.2, 0.25) is 0 Å². The second-order valence-electron chi connectivity index (χ2n) is 5.14. The minimum absolute atomic E-state index is 0.236. The first-order valence-electron chi connectivity index (χ1n) is 6.77. The van der Waals surface area contributed by atoms with Crippen molar-refractivity contribution in [2.24, 2.45) is 0 Å². The Labute approximate surface area is 131 Å². The van der Waals surface area contributed by atoms with E-state index in [2.05, 4.69) is 10.3 Å². The van der Waals surface area contributed by atoms with E-state index in [0.29, 0.717) is 17.7 Å². The number of hydrogen-bond acceptors (Lipinski definition) is 5. The zero-order chi connectivity index (χ0) is 16.6. The lowest BCUT2D eigenvalue weighted by molar-refractivity contribution is -0.135. The van der Waals surface area contributed by atoms with Crippen molar-refractivity contribution in [1.82, 2.24) is 14.9 Å². The van der Waals surface area contributed by atoms with E-state index in [4.69, 9.17) is 0 Å². The fourth-order valence-electron chi connectivity index (χ4n) is 2.43. The van der Waals surface area contributed by atoms with Crippen molar-refractivity contribution >= 4 is 22.0 Å². The molecule has 1 N–H and O–H groups in total. The van der Waals surface area contributed by atoms with Crippen LogP contribution in [0.4, 0.5) is 3.89 Å². The molecule has 1 unspecified atom stereocenters. The van der Waals surface area contributed by atoms with Crippen LogP contribution in [-0.4, -0.2) is 29.8 Å². The molecular formula is C14H12FN3O4S. The van der Waals surface area contributed by atoms with Gasteiger partial charge in [-0.2, -0.15) is 8.42 Å². The van der Waals surface area contributed by atoms with Gasteiger partial charge in [-0.1, -0.05) is 12.1 Å². The molecule has 2 aromatic rings. The van der Waals surface area contributed by atoms with Gasteiger partial charge in [-0.05, 0) is 18.6 Å². The van der Waals surface area contributed by atoms with E-state index in [-0.39, 0.29) is 12.3 Å². The maximum Gasteiger partial charge on any atom is 0.332 e. The van der Waals surface area contributed by atoms with Crippen LogP contribution >= 0.6 is 0 Å². The number of benzene rings is 1. The number of rotatable bonds is 3. The minimum Gasteiger partial charge on any atom is -0.324 e. The molecule has 1 aliphatic rings. The van der Waals surface area contributed by atoms with Gasteiger partial charge in [0.25, 0.3) is 0 Å². The second kappa shape index (κ2) is 5.58. The number of aromatic nitrogens is 2. The molecule has 120 valence electrons. The topological polar surface area (TPSA) is 98.1 Å². The van der Waals surface area contributed by atoms with Crippen molar-refractivity contribution in [3.63, 3.8) is 0 Å². The molecule has 0 radical (unpaired) electrons. The van der Waals surface area contributed by atoms with Crippen LogP contribution in [0.25, 0.3) is 11.3 Å². The molecule has 1 saturated heterocycles. The van der Waals surface area contributed by atoms with Crippen molar-refractivity contribution in [3.8, 4) is 11.3 Å². The predicted octanol–water partition coefficient (Wildman–Crippen LogP) is 1.19. The molecule has 0 bridgehead atoms. The molecule has 1 aromatic heterocycles. The zero-order valence-electron chi connectivity index (χ0n) is 11.8. The lowest BCUT2D eigenvalue weighted by Gasteiger charge is -2.21. The summed E-state index contributed by atoms with van der Waals surface area (Å²) in [6.45, 7) is 0. The summed E-state index contributed by atoms with van der Waals surface area (Å²) in [5.41, 5.74) is 0.815. The van der Waals surface area contributed by atoms with Gasteiger partial charge in [-0.15, -0.1) is 3.89 Å². The minimum atomic E-state index is -4.80. The largest absolute Gasteiger partial charge is 0.332 e. The average molecular weight is 337 g/mol. The number of carbonyl (C=O) groups is 2. The summed E-state index contributed by atoms with van der Waals surface area (Å²) in [5.74, 6) is -0.724. The van der Waals surface area contributed by atoms with Gasteiger partial charge < -0.3 is 4.57 Å². The van der Waals surface area contributed by atoms with E-state index < -0.39 is 27.1 Å². The number of nitrogens with zero attached hydrogens (tertiary/aromatic N) is 2. The number of imide groups is 1. The lowest BCUT2D eigenvalue weighted by Crippen LogP contribution is -2.41. The van der Waals surface area contributed by atoms with Gasteiger partial charge in [0.1, 0.15) is 6.04 Å². The maximum atomic E-state index is 13.1. The predicted molar refractivity (Wildman–Crippen MR) is 77.4 cm³/mol. The molecule has 23 heavy (non-hydrogen) atoms. The maximum absolute atomic E-state index is 13.1. The highest BCUT2D eigenvalue weighted by Crippen LogP contribution is 2.25. The molecule has 1 aliphatic heterocycles. The van der Waals surface area contributed by atoms with Crippen molar-refractivity contribution in [2.45, 2.75) is 23.8 Å². The molecule has 1 aromatic carbocycles. The van der Waals surface area contributed by atoms with Gasteiger partial charge in [0.05, 0.1) is 16.9 Å². The first-order chi connectivity index (χ1) is 10.8. The molecule has 3 rings (SSSR count). The molecule has 9 heteroatoms. The van der Waals surface area contributed by atoms with E-state index in [0.717, 1.165) is 6.07 Å². The monoisotopic (exact) mass is 337 g/mol. The summed E-state index contributed by atoms with van der Waals surface area (Å²) < 4.78 is 36.5. The number of hydrogen-bond donors (Lipinski definition) is 1. The number of halogens is 1. The highest BCUT2D eigenvalue weighted by molar-refractivity contribution is 7.86. The normalized spacial score (nSPS) is 18.7. The molecule has 1 atom stereocenters. The van der Waals surface area contributed by atoms with Crippen molar-refractivity contribution < 1.29 is 21.9 Å². The van der Waals surface area contributed by atoms with Gasteiger partial charge in [0.2, 0.25) is 11.8 Å². The Morgan fingerprint density at radius 3 is 2.78 bits per heavy atom. The van der Waals surface area contributed by atoms with Crippen LogP contribution < -0.4 is 5.32 Å². The Hall–Kier alpha value is -2.55. The van der Waals surface area contributed by atoms with Crippen LogP contribution in [0.3, 0.4) is 0 Å². The quantitative estimate of drug-likeness (QED) is 0.670. The number of carbonyl (C=O) groups excluding carboxylic acids is 2. The van der Waals surface area contributed by atoms with Gasteiger partial charge in [0.15, 0.2) is 0 Å². The highest BCUT2D eigenvalue weighted by atomic mass is 32.3. The SMILES string of the molecule is O=C1CCC(n2cnc(-c3cccc(S(=O)(=O)F)c3)c2)C(=O)N1. The molecule has 0 saturated carbocycles. The van der Waals surface area contributed by atoms with Gasteiger partial charge in [-0.3, -0.25) is 14.9 Å². The fraction of sp³-hybridized carbons (Fsp3) is 0.214. The van der Waals surface area contributed by atoms with Gasteiger partial charge in [0, 0.05) is 18.2 Å². The Morgan fingerprint density at radius 2 is 2.09 bits per heavy atom. The summed E-state index contributed by atoms with van der Waals surface area (Å²) in [4.78, 5) is 26.7. The second-order valence-corrected chi connectivity index (χ2v) is 6.49. The van der Waals surface area contributed by atoms with Crippen LogP contribution in [0.1, 0.15) is 18.9 Å². The fourth-order valence-corrected chi connectivity index (χ4v) is 2.94. The Kier molecular flexibility index (Phi) is 3.72. The highest BCUT2D eigenvalue weighted by Gasteiger charge is 2.28. The van der Waals surface area contributed by atoms with Crippen LogP contribution in [-0.2, 0) is 19.8 Å². The molecule has 0 aliphatic carbocycles. The Balaban J connectivity index is 1.91. The first-order valence-corrected chi connectivity index (χ1v) is 8.15. The van der Waals surface area contributed by atoms with E-state index in [1.54, 1.807) is 16.8 Å². The summed E-state index contributed by atoms with van der Waals surface area (Å²) in [6.07, 6.45) is 3.58. The number of nitrogens with one attached hydrogen (secondary N) is 1. The third-order valence-corrected chi connectivity index (χ3v) is 4.40. The third kappa shape index (κ3) is 3.14. The van der Waals surface area contributed by atoms with E-state index in [1.807, 2.05) is 0 Å². The average Bonchev–Trinajstić information content (AvgIpc) is 2.96. The smallest absolute Gasteiger partial charge is 0.324 e. The molecule has 2 heterocycles. The standard InChI is InChI=1S/C14H12FN3O4S/c15-23(21,22)10-3-1-2-9(6-10)11-7-18(8-16-11)12-4-5-13(19)17-14(12)20/h1-3,6-8,12H,4-5H2,(H,17,19,20). The van der Waals surface area contributed by atoms with Gasteiger partial charge in [-0.25, -0.2) is 4.98 Å². The lowest BCUT2D eigenvalue weighted by atomic mass is 10.1. The van der Waals surface area contributed by atoms with E-state index in [9.17, 15) is 21.9 Å². The van der Waals surface area contributed by atoms with Gasteiger partial charge >= 0.3 is 10.2 Å². The van der Waals surface area contributed by atoms with Crippen LogP contribution in [0, 0.1) is 0 Å². The summed E-state index contributed by atoms with van der Waals surface area (Å²) >= 11 is 0. The van der Waals surface area contributed by atoms with E-state index in [1.165, 1.54) is 18.5 Å². The van der Waals surface area contributed by atoms with Crippen molar-refractivity contribution in [3.05, 3.63) is 36.8 Å². The molecule has 0 spiro atoms. The summed E-state index contributed by atoms with van der Waals surface area (Å²) in [5, 5.41) is 2.25. The summed E-state index contributed by atoms with van der Waals surface area (Å²) in [6, 6.07) is 4.77. The summed E-state index contributed by atoms with van der Waals surface area (Å²) in [7, 11) is -4.80. The number of piperidine rings is 1. The Morgan fingerprint density at radius 1 is 1.30 bits per heavy atom. The first kappa shape index (κ1) is 15.3.